The molecule has 18 heavy (non-hydrogen) atoms. The molecule has 0 aliphatic rings. The van der Waals surface area contributed by atoms with Crippen LogP contribution in [0.3, 0.4) is 0 Å². The molecule has 2 aromatic heterocycles. The molecule has 0 radical (unpaired) electrons. The van der Waals surface area contributed by atoms with Gasteiger partial charge in [0.2, 0.25) is 0 Å². The highest BCUT2D eigenvalue weighted by molar-refractivity contribution is 7.09. The third kappa shape index (κ3) is 3.27. The molecule has 4 nitrogen and oxygen atoms in total. The molecule has 0 aliphatic heterocycles. The number of nitrogens with zero attached hydrogens (tertiary/aromatic N) is 2. The van der Waals surface area contributed by atoms with Gasteiger partial charge in [-0.15, -0.1) is 11.3 Å². The summed E-state index contributed by atoms with van der Waals surface area (Å²) in [6.07, 6.45) is 3.50. The number of thiazole rings is 1. The molecule has 2 aromatic rings. The van der Waals surface area contributed by atoms with E-state index in [2.05, 4.69) is 20.7 Å². The van der Waals surface area contributed by atoms with E-state index in [1.807, 2.05) is 26.1 Å². The first-order valence-electron chi connectivity index (χ1n) is 5.96. The highest BCUT2D eigenvalue weighted by Gasteiger charge is 2.12. The van der Waals surface area contributed by atoms with E-state index in [4.69, 9.17) is 5.73 Å². The zero-order valence-corrected chi connectivity index (χ0v) is 11.5. The number of nitrogen functional groups attached to an aromatic ring is 1. The van der Waals surface area contributed by atoms with Crippen molar-refractivity contribution in [3.05, 3.63) is 40.0 Å². The number of aryl methyl sites for hydroxylation is 1. The summed E-state index contributed by atoms with van der Waals surface area (Å²) in [5, 5.41) is 6.55. The lowest BCUT2D eigenvalue weighted by Crippen LogP contribution is -2.30. The van der Waals surface area contributed by atoms with Gasteiger partial charge in [-0.05, 0) is 32.0 Å². The van der Waals surface area contributed by atoms with Crippen LogP contribution in [0, 0.1) is 6.92 Å². The van der Waals surface area contributed by atoms with Gasteiger partial charge in [-0.1, -0.05) is 6.07 Å². The van der Waals surface area contributed by atoms with Crippen molar-refractivity contribution in [1.82, 2.24) is 15.3 Å². The summed E-state index contributed by atoms with van der Waals surface area (Å²) in [5.74, 6) is 0.618. The van der Waals surface area contributed by atoms with E-state index in [9.17, 15) is 0 Å². The minimum absolute atomic E-state index is 0.331. The third-order valence-corrected chi connectivity index (χ3v) is 3.75. The van der Waals surface area contributed by atoms with Gasteiger partial charge in [0.05, 0.1) is 10.7 Å². The van der Waals surface area contributed by atoms with Gasteiger partial charge < -0.3 is 11.1 Å². The van der Waals surface area contributed by atoms with Crippen LogP contribution in [0.25, 0.3) is 0 Å². The molecule has 0 saturated heterocycles. The van der Waals surface area contributed by atoms with Crippen LogP contribution in [-0.2, 0) is 12.8 Å². The predicted octanol–water partition coefficient (Wildman–Crippen LogP) is 1.80. The van der Waals surface area contributed by atoms with Crippen LogP contribution in [0.4, 0.5) is 5.82 Å². The van der Waals surface area contributed by atoms with Crippen molar-refractivity contribution in [1.29, 1.82) is 0 Å². The third-order valence-electron chi connectivity index (χ3n) is 2.92. The maximum Gasteiger partial charge on any atom is 0.126 e. The van der Waals surface area contributed by atoms with Gasteiger partial charge in [-0.2, -0.15) is 0 Å². The second-order valence-electron chi connectivity index (χ2n) is 4.30. The van der Waals surface area contributed by atoms with Crippen LogP contribution in [-0.4, -0.2) is 23.1 Å². The minimum atomic E-state index is 0.331. The van der Waals surface area contributed by atoms with Crippen molar-refractivity contribution >= 4 is 17.2 Å². The van der Waals surface area contributed by atoms with Crippen LogP contribution in [0.2, 0.25) is 0 Å². The number of nitrogens with two attached hydrogens (primary N) is 1. The molecule has 0 aliphatic carbocycles. The van der Waals surface area contributed by atoms with E-state index in [1.54, 1.807) is 17.5 Å². The maximum atomic E-state index is 5.87. The van der Waals surface area contributed by atoms with Crippen molar-refractivity contribution in [3.63, 3.8) is 0 Å². The van der Waals surface area contributed by atoms with Gasteiger partial charge in [-0.3, -0.25) is 0 Å². The summed E-state index contributed by atoms with van der Waals surface area (Å²) in [4.78, 5) is 8.61. The molecule has 96 valence electrons. The molecule has 0 aromatic carbocycles. The van der Waals surface area contributed by atoms with E-state index >= 15 is 0 Å². The topological polar surface area (TPSA) is 63.8 Å². The van der Waals surface area contributed by atoms with Gasteiger partial charge in [0, 0.05) is 24.0 Å². The molecule has 1 unspecified atom stereocenters. The molecular formula is C13H18N4S. The van der Waals surface area contributed by atoms with Crippen molar-refractivity contribution in [2.75, 3.05) is 12.8 Å². The van der Waals surface area contributed by atoms with E-state index in [-0.39, 0.29) is 0 Å². The molecule has 0 amide bonds. The second-order valence-corrected chi connectivity index (χ2v) is 5.36. The first-order chi connectivity index (χ1) is 8.69. The van der Waals surface area contributed by atoms with Crippen LogP contribution >= 0.6 is 11.3 Å². The molecule has 3 N–H and O–H groups in total. The van der Waals surface area contributed by atoms with Crippen molar-refractivity contribution in [2.24, 2.45) is 0 Å². The van der Waals surface area contributed by atoms with Crippen LogP contribution in [0.1, 0.15) is 16.3 Å². The number of aromatic nitrogens is 2. The van der Waals surface area contributed by atoms with Gasteiger partial charge in [0.25, 0.3) is 0 Å². The maximum absolute atomic E-state index is 5.87. The number of rotatable bonds is 5. The molecule has 0 spiro atoms. The minimum Gasteiger partial charge on any atom is -0.383 e. The Balaban J connectivity index is 2.04. The Morgan fingerprint density at radius 2 is 2.28 bits per heavy atom. The number of nitrogens with one attached hydrogen (secondary N) is 1. The fourth-order valence-electron chi connectivity index (χ4n) is 1.92. The van der Waals surface area contributed by atoms with Crippen molar-refractivity contribution < 1.29 is 0 Å². The van der Waals surface area contributed by atoms with E-state index in [1.165, 1.54) is 0 Å². The zero-order valence-electron chi connectivity index (χ0n) is 10.7. The Bertz CT molecular complexity index is 509. The van der Waals surface area contributed by atoms with Crippen LogP contribution < -0.4 is 11.1 Å². The van der Waals surface area contributed by atoms with Gasteiger partial charge >= 0.3 is 0 Å². The Hall–Kier alpha value is -1.46. The van der Waals surface area contributed by atoms with Crippen LogP contribution in [0.5, 0.6) is 0 Å². The molecule has 0 bridgehead atoms. The Morgan fingerprint density at radius 1 is 1.44 bits per heavy atom. The number of hydrogen-bond acceptors (Lipinski definition) is 5. The predicted molar refractivity (Wildman–Crippen MR) is 75.8 cm³/mol. The van der Waals surface area contributed by atoms with Gasteiger partial charge in [0.1, 0.15) is 5.82 Å². The van der Waals surface area contributed by atoms with Gasteiger partial charge in [0.15, 0.2) is 0 Å². The van der Waals surface area contributed by atoms with Crippen molar-refractivity contribution in [3.8, 4) is 0 Å². The fourth-order valence-corrected chi connectivity index (χ4v) is 2.55. The molecule has 2 rings (SSSR count). The summed E-state index contributed by atoms with van der Waals surface area (Å²) < 4.78 is 0. The average molecular weight is 262 g/mol. The molecule has 2 heterocycles. The quantitative estimate of drug-likeness (QED) is 0.862. The Kier molecular flexibility index (Phi) is 4.28. The number of pyridine rings is 1. The van der Waals surface area contributed by atoms with E-state index in [0.717, 1.165) is 29.1 Å². The number of anilines is 1. The standard InChI is InChI=1S/C13H18N4S/c1-9-17-12(8-18-9)7-11(15-2)6-10-4-3-5-16-13(10)14/h3-5,8,11,15H,6-7H2,1-2H3,(H2,14,16). The lowest BCUT2D eigenvalue weighted by Gasteiger charge is -2.15. The summed E-state index contributed by atoms with van der Waals surface area (Å²) >= 11 is 1.69. The first-order valence-corrected chi connectivity index (χ1v) is 6.84. The Labute approximate surface area is 111 Å². The zero-order chi connectivity index (χ0) is 13.0. The van der Waals surface area contributed by atoms with Crippen molar-refractivity contribution in [2.45, 2.75) is 25.8 Å². The molecule has 5 heteroatoms. The lowest BCUT2D eigenvalue weighted by atomic mass is 10.0. The first kappa shape index (κ1) is 13.0. The summed E-state index contributed by atoms with van der Waals surface area (Å²) in [6.45, 7) is 2.03. The fraction of sp³-hybridized carbons (Fsp3) is 0.385. The molecular weight excluding hydrogens is 244 g/mol. The van der Waals surface area contributed by atoms with Crippen LogP contribution in [0.15, 0.2) is 23.7 Å². The second kappa shape index (κ2) is 5.93. The molecule has 1 atom stereocenters. The summed E-state index contributed by atoms with van der Waals surface area (Å²) in [5.41, 5.74) is 8.09. The van der Waals surface area contributed by atoms with Gasteiger partial charge in [-0.25, -0.2) is 9.97 Å². The lowest BCUT2D eigenvalue weighted by molar-refractivity contribution is 0.551. The number of likely N-dealkylation sites (N-methyl/N-ethyl adjacent to an activating group) is 1. The molecule has 0 saturated carbocycles. The van der Waals surface area contributed by atoms with E-state index < -0.39 is 0 Å². The SMILES string of the molecule is CNC(Cc1csc(C)n1)Cc1cccnc1N. The normalized spacial score (nSPS) is 12.6. The largest absolute Gasteiger partial charge is 0.383 e. The average Bonchev–Trinajstić information content (AvgIpc) is 2.76. The summed E-state index contributed by atoms with van der Waals surface area (Å²) in [7, 11) is 1.97. The number of hydrogen-bond donors (Lipinski definition) is 2. The highest BCUT2D eigenvalue weighted by atomic mass is 32.1. The summed E-state index contributed by atoms with van der Waals surface area (Å²) in [6, 6.07) is 4.28. The van der Waals surface area contributed by atoms with E-state index in [0.29, 0.717) is 11.9 Å². The monoisotopic (exact) mass is 262 g/mol. The smallest absolute Gasteiger partial charge is 0.126 e. The highest BCUT2D eigenvalue weighted by Crippen LogP contribution is 2.14. The Morgan fingerprint density at radius 3 is 2.89 bits per heavy atom. The molecule has 0 fully saturated rings.